The summed E-state index contributed by atoms with van der Waals surface area (Å²) in [6, 6.07) is 12.4. The number of benzene rings is 2. The Kier molecular flexibility index (Phi) is 17.6. The van der Waals surface area contributed by atoms with Crippen molar-refractivity contribution in [1.29, 1.82) is 0 Å². The average molecular weight is 931 g/mol. The highest BCUT2D eigenvalue weighted by atomic mass is 32.1. The van der Waals surface area contributed by atoms with Crippen molar-refractivity contribution in [2.24, 2.45) is 0 Å². The number of aromatic nitrogens is 1. The number of carbonyl (C=O) groups excluding carboxylic acids is 3. The number of likely N-dealkylation sites (tertiary alicyclic amines) is 1. The van der Waals surface area contributed by atoms with E-state index in [-0.39, 0.29) is 41.7 Å². The number of hydrogen-bond acceptors (Lipinski definition) is 12. The van der Waals surface area contributed by atoms with Crippen LogP contribution < -0.4 is 15.4 Å². The summed E-state index contributed by atoms with van der Waals surface area (Å²) in [6.45, 7) is 11.5. The Labute approximate surface area is 381 Å². The van der Waals surface area contributed by atoms with E-state index < -0.39 is 12.1 Å². The number of phenolic OH excluding ortho intramolecular Hbond substituents is 1. The summed E-state index contributed by atoms with van der Waals surface area (Å²) in [7, 11) is 0. The van der Waals surface area contributed by atoms with Gasteiger partial charge in [0.25, 0.3) is 11.8 Å². The summed E-state index contributed by atoms with van der Waals surface area (Å²) < 4.78 is 49.5. The van der Waals surface area contributed by atoms with Crippen molar-refractivity contribution in [2.75, 3.05) is 84.1 Å². The average Bonchev–Trinajstić information content (AvgIpc) is 3.78. The first-order valence-corrected chi connectivity index (χ1v) is 23.3. The highest BCUT2D eigenvalue weighted by Crippen LogP contribution is 2.39. The van der Waals surface area contributed by atoms with Crippen molar-refractivity contribution in [3.05, 3.63) is 69.2 Å². The number of phenols is 1. The number of aromatic hydroxyl groups is 1. The van der Waals surface area contributed by atoms with E-state index in [1.165, 1.54) is 17.5 Å². The number of alkyl halides is 3. The number of hydrogen-bond donors (Lipinski definition) is 4. The van der Waals surface area contributed by atoms with Gasteiger partial charge in [-0.1, -0.05) is 63.4 Å². The molecule has 4 heterocycles. The number of aliphatic carboxylic acids is 1. The molecule has 2 aromatic carbocycles. The van der Waals surface area contributed by atoms with Crippen LogP contribution in [-0.4, -0.2) is 150 Å². The van der Waals surface area contributed by atoms with Gasteiger partial charge in [0.05, 0.1) is 37.8 Å². The SMILES string of the molecule is CC(C)c1nc(C(=O)N2CCOC3(CN(CCc4ccc(CCOCCC(=O)N(CCNCCc5ccc(O)c6c5OCC(=O)N6)C5CCCCC5)cc4)C3)C2)cs1.O=C(O)C(F)(F)F. The van der Waals surface area contributed by atoms with Crippen LogP contribution >= 0.6 is 11.3 Å². The van der Waals surface area contributed by atoms with E-state index in [9.17, 15) is 32.7 Å². The number of carboxylic acids is 1. The number of carboxylic acid groups (broad SMARTS) is 1. The van der Waals surface area contributed by atoms with Gasteiger partial charge in [0.1, 0.15) is 22.7 Å². The predicted molar refractivity (Wildman–Crippen MR) is 238 cm³/mol. The molecule has 7 rings (SSSR count). The van der Waals surface area contributed by atoms with Crippen LogP contribution in [0, 0.1) is 0 Å². The molecule has 0 radical (unpaired) electrons. The number of fused-ring (bicyclic) bond motifs is 1. The van der Waals surface area contributed by atoms with Gasteiger partial charge in [-0.3, -0.25) is 19.3 Å². The van der Waals surface area contributed by atoms with Gasteiger partial charge in [0.15, 0.2) is 12.4 Å². The molecule has 3 aliphatic heterocycles. The molecule has 3 aromatic rings. The van der Waals surface area contributed by atoms with Gasteiger partial charge in [-0.25, -0.2) is 9.78 Å². The maximum Gasteiger partial charge on any atom is 0.490 e. The van der Waals surface area contributed by atoms with Crippen molar-refractivity contribution in [1.82, 2.24) is 25.0 Å². The van der Waals surface area contributed by atoms with Crippen LogP contribution in [0.1, 0.15) is 90.5 Å². The smallest absolute Gasteiger partial charge is 0.490 e. The number of rotatable bonds is 18. The lowest BCUT2D eigenvalue weighted by Crippen LogP contribution is -2.70. The zero-order chi connectivity index (χ0) is 46.6. The molecule has 0 unspecified atom stereocenters. The maximum absolute atomic E-state index is 13.5. The molecule has 2 saturated heterocycles. The lowest BCUT2D eigenvalue weighted by Gasteiger charge is -2.54. The lowest BCUT2D eigenvalue weighted by atomic mass is 9.91. The van der Waals surface area contributed by atoms with Crippen LogP contribution in [0.3, 0.4) is 0 Å². The molecule has 1 aliphatic carbocycles. The molecule has 0 bridgehead atoms. The summed E-state index contributed by atoms with van der Waals surface area (Å²) >= 11 is 1.56. The quantitative estimate of drug-likeness (QED) is 0.0911. The predicted octanol–water partition coefficient (Wildman–Crippen LogP) is 5.65. The van der Waals surface area contributed by atoms with Crippen molar-refractivity contribution >= 4 is 40.7 Å². The van der Waals surface area contributed by atoms with Crippen LogP contribution in [0.15, 0.2) is 41.8 Å². The zero-order valence-electron chi connectivity index (χ0n) is 37.1. The third-order valence-corrected chi connectivity index (χ3v) is 13.2. The second-order valence-electron chi connectivity index (χ2n) is 17.3. The minimum atomic E-state index is -5.08. The van der Waals surface area contributed by atoms with Gasteiger partial charge >= 0.3 is 12.1 Å². The van der Waals surface area contributed by atoms with Crippen molar-refractivity contribution < 1.29 is 56.8 Å². The van der Waals surface area contributed by atoms with E-state index in [1.807, 2.05) is 16.3 Å². The largest absolute Gasteiger partial charge is 0.506 e. The van der Waals surface area contributed by atoms with Crippen LogP contribution in [0.25, 0.3) is 0 Å². The van der Waals surface area contributed by atoms with Gasteiger partial charge in [0.2, 0.25) is 5.91 Å². The van der Waals surface area contributed by atoms with Gasteiger partial charge in [-0.05, 0) is 61.4 Å². The molecule has 356 valence electrons. The summed E-state index contributed by atoms with van der Waals surface area (Å²) in [5, 5.41) is 26.3. The Bertz CT molecular complexity index is 2070. The first-order chi connectivity index (χ1) is 31.1. The topological polar surface area (TPSA) is 183 Å². The number of morpholine rings is 1. The van der Waals surface area contributed by atoms with Crippen LogP contribution in [-0.2, 0) is 43.1 Å². The third kappa shape index (κ3) is 14.1. The molecule has 3 amide bonds. The molecule has 1 spiro atoms. The molecular formula is C46H61F3N6O9S. The third-order valence-electron chi connectivity index (χ3n) is 12.0. The van der Waals surface area contributed by atoms with Crippen molar-refractivity contribution in [2.45, 2.75) is 95.4 Å². The van der Waals surface area contributed by atoms with E-state index in [0.29, 0.717) is 88.4 Å². The van der Waals surface area contributed by atoms with Crippen molar-refractivity contribution in [3.8, 4) is 11.5 Å². The van der Waals surface area contributed by atoms with E-state index in [1.54, 1.807) is 17.4 Å². The minimum absolute atomic E-state index is 0.00393. The Balaban J connectivity index is 0.000000925. The second kappa shape index (κ2) is 23.1. The molecule has 65 heavy (non-hydrogen) atoms. The fourth-order valence-corrected chi connectivity index (χ4v) is 9.38. The number of halogens is 3. The van der Waals surface area contributed by atoms with Crippen LogP contribution in [0.2, 0.25) is 0 Å². The van der Waals surface area contributed by atoms with Gasteiger partial charge < -0.3 is 44.9 Å². The standard InChI is InChI=1S/C44H60N6O7S.C2HF3O2/c1-31(2)42-46-36(27-58-42)43(54)49-22-25-57-44(30-49)28-48(29-44)20-15-32-8-10-33(11-9-32)16-23-55-24-17-39(53)50(35-6-4-3-5-7-35)21-19-45-18-14-34-12-13-37(51)40-41(34)56-26-38(52)47-40;3-2(4,5)1(6)7/h8-13,27,31,35,45,51H,3-7,14-26,28-30H2,1-2H3,(H,47,52);(H,6,7). The van der Waals surface area contributed by atoms with Crippen LogP contribution in [0.5, 0.6) is 11.5 Å². The zero-order valence-corrected chi connectivity index (χ0v) is 37.9. The van der Waals surface area contributed by atoms with Crippen molar-refractivity contribution in [3.63, 3.8) is 0 Å². The normalized spacial score (nSPS) is 17.4. The molecular weight excluding hydrogens is 870 g/mol. The first kappa shape index (κ1) is 49.6. The number of thiazole rings is 1. The Hall–Kier alpha value is -4.82. The van der Waals surface area contributed by atoms with E-state index in [2.05, 4.69) is 63.5 Å². The molecule has 15 nitrogen and oxygen atoms in total. The van der Waals surface area contributed by atoms with E-state index in [0.717, 1.165) is 68.7 Å². The first-order valence-electron chi connectivity index (χ1n) is 22.4. The second-order valence-corrected chi connectivity index (χ2v) is 18.2. The molecule has 4 N–H and O–H groups in total. The molecule has 4 aliphatic rings. The molecule has 3 fully saturated rings. The van der Waals surface area contributed by atoms with Crippen LogP contribution in [0.4, 0.5) is 18.9 Å². The number of anilines is 1. The fraction of sp³-hybridized carbons (Fsp3) is 0.587. The Morgan fingerprint density at radius 1 is 1.02 bits per heavy atom. The van der Waals surface area contributed by atoms with E-state index in [4.69, 9.17) is 24.1 Å². The maximum atomic E-state index is 13.5. The number of carbonyl (C=O) groups is 4. The summed E-state index contributed by atoms with van der Waals surface area (Å²) in [6.07, 6.45) is 3.35. The highest BCUT2D eigenvalue weighted by Gasteiger charge is 2.48. The van der Waals surface area contributed by atoms with E-state index >= 15 is 0 Å². The molecule has 19 heteroatoms. The summed E-state index contributed by atoms with van der Waals surface area (Å²) in [5.74, 6) is -2.03. The number of nitrogens with one attached hydrogen (secondary N) is 2. The molecule has 1 aromatic heterocycles. The monoisotopic (exact) mass is 930 g/mol. The highest BCUT2D eigenvalue weighted by molar-refractivity contribution is 7.09. The minimum Gasteiger partial charge on any atom is -0.506 e. The Morgan fingerprint density at radius 3 is 2.40 bits per heavy atom. The van der Waals surface area contributed by atoms with Gasteiger partial charge in [-0.2, -0.15) is 13.2 Å². The fourth-order valence-electron chi connectivity index (χ4n) is 8.57. The Morgan fingerprint density at radius 2 is 1.72 bits per heavy atom. The summed E-state index contributed by atoms with van der Waals surface area (Å²) in [5.41, 5.74) is 4.04. The number of ether oxygens (including phenoxy) is 3. The van der Waals surface area contributed by atoms with Gasteiger partial charge in [-0.15, -0.1) is 11.3 Å². The summed E-state index contributed by atoms with van der Waals surface area (Å²) in [4.78, 5) is 58.2. The molecule has 0 atom stereocenters. The van der Waals surface area contributed by atoms with Gasteiger partial charge in [0, 0.05) is 56.6 Å². The lowest BCUT2D eigenvalue weighted by molar-refractivity contribution is -0.192. The number of nitrogens with zero attached hydrogens (tertiary/aromatic N) is 4. The number of amides is 3. The molecule has 1 saturated carbocycles.